The molecular weight excluding hydrogens is 390 g/mol. The number of aromatic nitrogens is 2. The lowest BCUT2D eigenvalue weighted by molar-refractivity contribution is 0.415. The van der Waals surface area contributed by atoms with Crippen molar-refractivity contribution in [1.82, 2.24) is 9.55 Å². The zero-order chi connectivity index (χ0) is 21.6. The molecule has 0 spiro atoms. The summed E-state index contributed by atoms with van der Waals surface area (Å²) < 4.78 is 6.55. The van der Waals surface area contributed by atoms with Crippen LogP contribution in [0.25, 0.3) is 0 Å². The number of unbranched alkanes of at least 4 members (excludes halogenated alkanes) is 1. The number of hydrogen-bond acceptors (Lipinski definition) is 5. The Bertz CT molecular complexity index is 950. The molecule has 158 valence electrons. The van der Waals surface area contributed by atoms with Crippen LogP contribution in [0.2, 0.25) is 0 Å². The normalized spacial score (nSPS) is 10.8. The highest BCUT2D eigenvalue weighted by atomic mass is 32.1. The maximum atomic E-state index is 12.6. The van der Waals surface area contributed by atoms with Crippen molar-refractivity contribution in [2.75, 3.05) is 29.6 Å². The molecule has 0 bridgehead atoms. The lowest BCUT2D eigenvalue weighted by atomic mass is 10.2. The van der Waals surface area contributed by atoms with Gasteiger partial charge in [0.15, 0.2) is 10.8 Å². The first-order valence-electron chi connectivity index (χ1n) is 9.63. The van der Waals surface area contributed by atoms with Gasteiger partial charge in [-0.1, -0.05) is 27.2 Å². The molecule has 1 heterocycles. The third-order valence-electron chi connectivity index (χ3n) is 4.35. The molecule has 0 unspecified atom stereocenters. The molecule has 0 amide bonds. The highest BCUT2D eigenvalue weighted by Crippen LogP contribution is 2.21. The van der Waals surface area contributed by atoms with Crippen molar-refractivity contribution in [3.8, 4) is 5.75 Å². The number of H-pyrrole nitrogens is 1. The maximum Gasteiger partial charge on any atom is 0.330 e. The number of nitrogens with two attached hydrogens (primary N) is 1. The van der Waals surface area contributed by atoms with Crippen molar-refractivity contribution >= 4 is 34.5 Å². The molecule has 0 fully saturated rings. The van der Waals surface area contributed by atoms with Crippen LogP contribution in [0.4, 0.5) is 17.2 Å². The zero-order valence-corrected chi connectivity index (χ0v) is 18.1. The summed E-state index contributed by atoms with van der Waals surface area (Å²) in [6.45, 7) is 6.88. The molecule has 9 heteroatoms. The summed E-state index contributed by atoms with van der Waals surface area (Å²) in [5.41, 5.74) is 6.14. The number of aromatic amines is 1. The Balaban J connectivity index is 2.44. The molecule has 0 aliphatic rings. The van der Waals surface area contributed by atoms with Gasteiger partial charge >= 0.3 is 5.69 Å². The minimum Gasteiger partial charge on any atom is -0.497 e. The van der Waals surface area contributed by atoms with Gasteiger partial charge in [0, 0.05) is 18.8 Å². The van der Waals surface area contributed by atoms with Gasteiger partial charge < -0.3 is 20.7 Å². The average molecular weight is 420 g/mol. The minimum atomic E-state index is -0.553. The fourth-order valence-electron chi connectivity index (χ4n) is 2.88. The van der Waals surface area contributed by atoms with E-state index in [0.29, 0.717) is 18.2 Å². The summed E-state index contributed by atoms with van der Waals surface area (Å²) >= 11 is 5.59. The lowest BCUT2D eigenvalue weighted by Crippen LogP contribution is -2.43. The summed E-state index contributed by atoms with van der Waals surface area (Å²) in [6, 6.07) is 7.28. The summed E-state index contributed by atoms with van der Waals surface area (Å²) in [5.74, 6) is 1.02. The van der Waals surface area contributed by atoms with Gasteiger partial charge in [-0.15, -0.1) is 0 Å². The molecule has 4 N–H and O–H groups in total. The number of methoxy groups -OCH3 is 1. The summed E-state index contributed by atoms with van der Waals surface area (Å²) in [4.78, 5) is 28.9. The summed E-state index contributed by atoms with van der Waals surface area (Å²) in [6.07, 6.45) is 1.71. The molecule has 0 saturated heterocycles. The smallest absolute Gasteiger partial charge is 0.330 e. The predicted octanol–water partition coefficient (Wildman–Crippen LogP) is 2.79. The van der Waals surface area contributed by atoms with E-state index in [-0.39, 0.29) is 17.4 Å². The van der Waals surface area contributed by atoms with E-state index >= 15 is 0 Å². The van der Waals surface area contributed by atoms with Gasteiger partial charge in [-0.05, 0) is 48.8 Å². The quantitative estimate of drug-likeness (QED) is 0.565. The Morgan fingerprint density at radius 3 is 2.52 bits per heavy atom. The summed E-state index contributed by atoms with van der Waals surface area (Å²) in [7, 11) is 1.60. The standard InChI is InChI=1S/C20H29N5O3S/c1-5-6-11-24(20(29)22-14-7-9-15(28-4)10-8-14)16-17(21)25(12-13(2)3)19(27)23-18(16)26/h7-10,13H,5-6,11-12,21H2,1-4H3,(H,22,29)(H,23,26,27). The molecule has 0 atom stereocenters. The number of ether oxygens (including phenoxy) is 1. The van der Waals surface area contributed by atoms with E-state index in [1.54, 1.807) is 12.0 Å². The van der Waals surface area contributed by atoms with Crippen LogP contribution in [-0.2, 0) is 6.54 Å². The van der Waals surface area contributed by atoms with Crippen molar-refractivity contribution < 1.29 is 4.74 Å². The van der Waals surface area contributed by atoms with E-state index in [4.69, 9.17) is 22.7 Å². The minimum absolute atomic E-state index is 0.113. The van der Waals surface area contributed by atoms with Crippen LogP contribution in [0.15, 0.2) is 33.9 Å². The highest BCUT2D eigenvalue weighted by molar-refractivity contribution is 7.80. The Morgan fingerprint density at radius 1 is 1.31 bits per heavy atom. The molecular formula is C20H29N5O3S. The van der Waals surface area contributed by atoms with Gasteiger partial charge in [-0.25, -0.2) is 4.79 Å². The van der Waals surface area contributed by atoms with Gasteiger partial charge in [-0.3, -0.25) is 14.3 Å². The molecule has 2 aromatic rings. The van der Waals surface area contributed by atoms with Crippen LogP contribution >= 0.6 is 12.2 Å². The SMILES string of the molecule is CCCCN(C(=S)Nc1ccc(OC)cc1)c1c(N)n(CC(C)C)c(=O)[nH]c1=O. The van der Waals surface area contributed by atoms with E-state index in [1.165, 1.54) is 4.57 Å². The molecule has 29 heavy (non-hydrogen) atoms. The van der Waals surface area contributed by atoms with Crippen LogP contribution in [0.3, 0.4) is 0 Å². The number of benzene rings is 1. The Hall–Kier alpha value is -2.81. The van der Waals surface area contributed by atoms with Gasteiger partial charge in [0.05, 0.1) is 7.11 Å². The second kappa shape index (κ2) is 10.1. The fourth-order valence-corrected chi connectivity index (χ4v) is 3.18. The Morgan fingerprint density at radius 2 is 1.97 bits per heavy atom. The van der Waals surface area contributed by atoms with Crippen molar-refractivity contribution in [3.63, 3.8) is 0 Å². The molecule has 2 rings (SSSR count). The molecule has 0 aliphatic carbocycles. The predicted molar refractivity (Wildman–Crippen MR) is 122 cm³/mol. The number of nitrogen functional groups attached to an aromatic ring is 1. The van der Waals surface area contributed by atoms with E-state index in [0.717, 1.165) is 24.3 Å². The Labute approximate surface area is 175 Å². The van der Waals surface area contributed by atoms with Gasteiger partial charge in [0.2, 0.25) is 0 Å². The highest BCUT2D eigenvalue weighted by Gasteiger charge is 2.22. The fraction of sp³-hybridized carbons (Fsp3) is 0.450. The monoisotopic (exact) mass is 419 g/mol. The Kier molecular flexibility index (Phi) is 7.83. The topological polar surface area (TPSA) is 105 Å². The van der Waals surface area contributed by atoms with Crippen molar-refractivity contribution in [2.24, 2.45) is 5.92 Å². The summed E-state index contributed by atoms with van der Waals surface area (Å²) in [5, 5.41) is 3.47. The first kappa shape index (κ1) is 22.5. The molecule has 1 aromatic heterocycles. The third-order valence-corrected chi connectivity index (χ3v) is 4.68. The van der Waals surface area contributed by atoms with Gasteiger partial charge in [0.1, 0.15) is 11.6 Å². The number of thiocarbonyl (C=S) groups is 1. The largest absolute Gasteiger partial charge is 0.497 e. The zero-order valence-electron chi connectivity index (χ0n) is 17.3. The van der Waals surface area contributed by atoms with Crippen LogP contribution in [0, 0.1) is 5.92 Å². The number of nitrogens with one attached hydrogen (secondary N) is 2. The van der Waals surface area contributed by atoms with E-state index in [2.05, 4.69) is 10.3 Å². The number of rotatable bonds is 8. The molecule has 0 saturated carbocycles. The molecule has 0 aliphatic heterocycles. The van der Waals surface area contributed by atoms with Crippen LogP contribution < -0.4 is 31.9 Å². The first-order chi connectivity index (χ1) is 13.8. The number of nitrogens with zero attached hydrogens (tertiary/aromatic N) is 2. The molecule has 0 radical (unpaired) electrons. The molecule has 1 aromatic carbocycles. The second-order valence-electron chi connectivity index (χ2n) is 7.16. The van der Waals surface area contributed by atoms with E-state index < -0.39 is 11.2 Å². The van der Waals surface area contributed by atoms with Crippen LogP contribution in [-0.4, -0.2) is 28.3 Å². The van der Waals surface area contributed by atoms with E-state index in [1.807, 2.05) is 45.0 Å². The van der Waals surface area contributed by atoms with Crippen LogP contribution in [0.5, 0.6) is 5.75 Å². The van der Waals surface area contributed by atoms with E-state index in [9.17, 15) is 9.59 Å². The van der Waals surface area contributed by atoms with Crippen molar-refractivity contribution in [1.29, 1.82) is 0 Å². The van der Waals surface area contributed by atoms with Crippen LogP contribution in [0.1, 0.15) is 33.6 Å². The maximum absolute atomic E-state index is 12.6. The lowest BCUT2D eigenvalue weighted by Gasteiger charge is -2.27. The van der Waals surface area contributed by atoms with Crippen molar-refractivity contribution in [2.45, 2.75) is 40.2 Å². The number of hydrogen-bond donors (Lipinski definition) is 3. The third kappa shape index (κ3) is 5.60. The average Bonchev–Trinajstić information content (AvgIpc) is 2.67. The molecule has 8 nitrogen and oxygen atoms in total. The van der Waals surface area contributed by atoms with Gasteiger partial charge in [-0.2, -0.15) is 0 Å². The van der Waals surface area contributed by atoms with Gasteiger partial charge in [0.25, 0.3) is 5.56 Å². The number of anilines is 3. The second-order valence-corrected chi connectivity index (χ2v) is 7.55. The van der Waals surface area contributed by atoms with Crippen molar-refractivity contribution in [3.05, 3.63) is 45.1 Å². The first-order valence-corrected chi connectivity index (χ1v) is 10.0.